The molecule has 426 valence electrons. The normalized spacial score (nSPS) is 13.4. The van der Waals surface area contributed by atoms with Crippen LogP contribution in [0.15, 0.2) is 243 Å². The maximum absolute atomic E-state index is 5.60. The summed E-state index contributed by atoms with van der Waals surface area (Å²) in [6.45, 7) is 16.3. The van der Waals surface area contributed by atoms with Crippen LogP contribution in [0.3, 0.4) is 0 Å². The van der Waals surface area contributed by atoms with Gasteiger partial charge in [-0.2, -0.15) is 23.3 Å². The van der Waals surface area contributed by atoms with Gasteiger partial charge in [0.2, 0.25) is 0 Å². The molecule has 14 aromatic rings. The molecule has 7 heteroatoms. The SMILES string of the molecule is CC(C)(C)c1nc2cc(-c3ccccc3-c3cc(-c4ccccc4-c4c[c-]c(-n5cccn5)cc4)cc(-c4ccccc4-c4c[c-]c(-c5ccccn5)cc4-c4ccc(-c5ccccc5)cc4)c3)c[c-]c2c2nc3cc4c(cc3n12)C(C)(C)CC4(C)C.[Ir+3]. The third-order valence-corrected chi connectivity index (χ3v) is 17.7. The van der Waals surface area contributed by atoms with E-state index in [1.165, 1.54) is 16.7 Å². The van der Waals surface area contributed by atoms with Crippen LogP contribution in [0.1, 0.15) is 71.8 Å². The third kappa shape index (κ3) is 9.99. The summed E-state index contributed by atoms with van der Waals surface area (Å²) in [6, 6.07) is 91.8. The molecule has 0 fully saturated rings. The summed E-state index contributed by atoms with van der Waals surface area (Å²) in [5.74, 6) is 0.973. The van der Waals surface area contributed by atoms with Crippen LogP contribution in [0.2, 0.25) is 0 Å². The molecule has 1 aliphatic carbocycles. The molecule has 15 rings (SSSR count). The third-order valence-electron chi connectivity index (χ3n) is 17.7. The fraction of sp³-hybridized carbons (Fsp3) is 0.136. The van der Waals surface area contributed by atoms with E-state index < -0.39 is 0 Å². The predicted octanol–water partition coefficient (Wildman–Crippen LogP) is 20.3. The first-order valence-corrected chi connectivity index (χ1v) is 30.0. The minimum absolute atomic E-state index is 0. The summed E-state index contributed by atoms with van der Waals surface area (Å²) in [4.78, 5) is 15.8. The van der Waals surface area contributed by atoms with Crippen molar-refractivity contribution in [3.05, 3.63) is 278 Å². The Bertz CT molecular complexity index is 4960. The second-order valence-corrected chi connectivity index (χ2v) is 25.6. The average Bonchev–Trinajstić information content (AvgIpc) is 1.58. The van der Waals surface area contributed by atoms with Crippen LogP contribution in [0, 0.1) is 18.2 Å². The van der Waals surface area contributed by atoms with E-state index in [1.54, 1.807) is 6.20 Å². The molecule has 0 unspecified atom stereocenters. The number of fused-ring (bicyclic) bond motifs is 6. The van der Waals surface area contributed by atoms with Crippen molar-refractivity contribution in [2.75, 3.05) is 0 Å². The van der Waals surface area contributed by atoms with Gasteiger partial charge in [0.15, 0.2) is 0 Å². The zero-order valence-electron chi connectivity index (χ0n) is 50.3. The molecule has 1 aliphatic rings. The quantitative estimate of drug-likeness (QED) is 0.128. The van der Waals surface area contributed by atoms with Crippen molar-refractivity contribution in [1.29, 1.82) is 0 Å². The number of imidazole rings is 1. The van der Waals surface area contributed by atoms with Crippen LogP contribution in [-0.4, -0.2) is 29.1 Å². The molecule has 0 N–H and O–H groups in total. The molecule has 10 aromatic carbocycles. The molecule has 4 heterocycles. The first kappa shape index (κ1) is 56.2. The van der Waals surface area contributed by atoms with Crippen molar-refractivity contribution >= 4 is 27.6 Å². The van der Waals surface area contributed by atoms with E-state index in [-0.39, 0.29) is 36.4 Å². The Morgan fingerprint density at radius 1 is 0.432 bits per heavy atom. The van der Waals surface area contributed by atoms with E-state index in [2.05, 4.69) is 282 Å². The molecular formula is C81H63IrN6. The number of hydrogen-bond donors (Lipinski definition) is 0. The Kier molecular flexibility index (Phi) is 14.0. The first-order chi connectivity index (χ1) is 42.2. The fourth-order valence-corrected chi connectivity index (χ4v) is 13.8. The molecule has 0 aliphatic heterocycles. The van der Waals surface area contributed by atoms with Gasteiger partial charge in [-0.15, -0.1) is 53.6 Å². The van der Waals surface area contributed by atoms with E-state index in [4.69, 9.17) is 15.0 Å². The smallest absolute Gasteiger partial charge is 0.321 e. The zero-order valence-corrected chi connectivity index (χ0v) is 52.7. The van der Waals surface area contributed by atoms with Crippen LogP contribution in [-0.2, 0) is 36.4 Å². The summed E-state index contributed by atoms with van der Waals surface area (Å²) in [6.07, 6.45) is 6.68. The van der Waals surface area contributed by atoms with Crippen LogP contribution in [0.4, 0.5) is 0 Å². The van der Waals surface area contributed by atoms with Crippen LogP contribution in [0.25, 0.3) is 134 Å². The molecule has 4 aromatic heterocycles. The van der Waals surface area contributed by atoms with Crippen molar-refractivity contribution in [3.63, 3.8) is 0 Å². The number of nitrogens with zero attached hydrogens (tertiary/aromatic N) is 6. The van der Waals surface area contributed by atoms with Gasteiger partial charge in [0, 0.05) is 24.0 Å². The summed E-state index contributed by atoms with van der Waals surface area (Å²) in [5, 5.41) is 5.39. The first-order valence-electron chi connectivity index (χ1n) is 30.0. The second kappa shape index (κ2) is 21.9. The molecule has 88 heavy (non-hydrogen) atoms. The number of aromatic nitrogens is 6. The molecule has 0 saturated carbocycles. The molecule has 0 saturated heterocycles. The summed E-state index contributed by atoms with van der Waals surface area (Å²) >= 11 is 0. The number of pyridine rings is 1. The summed E-state index contributed by atoms with van der Waals surface area (Å²) < 4.78 is 4.16. The van der Waals surface area contributed by atoms with Gasteiger partial charge in [0.05, 0.1) is 16.7 Å². The average molecular weight is 1310 g/mol. The molecule has 0 spiro atoms. The predicted molar refractivity (Wildman–Crippen MR) is 358 cm³/mol. The van der Waals surface area contributed by atoms with Gasteiger partial charge in [-0.25, -0.2) is 0 Å². The Labute approximate surface area is 528 Å². The largest absolute Gasteiger partial charge is 3.00 e. The van der Waals surface area contributed by atoms with Gasteiger partial charge >= 0.3 is 20.1 Å². The Morgan fingerprint density at radius 3 is 1.61 bits per heavy atom. The van der Waals surface area contributed by atoms with E-state index in [1.807, 2.05) is 35.3 Å². The maximum atomic E-state index is 5.60. The standard InChI is InChI=1S/C81H63N6.Ir/c1-79(2,3)78-85-74-48-56(35-40-69(74)77-84-75-49-71-72(50-76(75)87(77)78)81(6,7)51-80(71,4)5)63-23-12-14-25-65(63)59-44-58(64-24-13-11-22-62(64)54-33-37-61(38-34-54)86-43-19-42-83-86)45-60(46-59)66-26-15-16-27-67(66)68-39-36-57(73-28-17-18-41-82-73)47-70(68)55-31-29-53(30-32-55)52-20-9-8-10-21-52;/h8-35,37,39,41-50H,51H2,1-7H3;/q-3;+3. The monoisotopic (exact) mass is 1310 g/mol. The van der Waals surface area contributed by atoms with Crippen molar-refractivity contribution < 1.29 is 20.1 Å². The van der Waals surface area contributed by atoms with Crippen molar-refractivity contribution in [2.45, 2.75) is 71.1 Å². The summed E-state index contributed by atoms with van der Waals surface area (Å²) in [7, 11) is 0. The van der Waals surface area contributed by atoms with Crippen LogP contribution < -0.4 is 0 Å². The van der Waals surface area contributed by atoms with E-state index in [0.29, 0.717) is 0 Å². The molecule has 0 atom stereocenters. The fourth-order valence-electron chi connectivity index (χ4n) is 13.8. The molecule has 0 bridgehead atoms. The van der Waals surface area contributed by atoms with Crippen LogP contribution in [0.5, 0.6) is 0 Å². The van der Waals surface area contributed by atoms with Crippen molar-refractivity contribution in [1.82, 2.24) is 29.1 Å². The molecule has 0 radical (unpaired) electrons. The summed E-state index contributed by atoms with van der Waals surface area (Å²) in [5.41, 5.74) is 26.7. The topological polar surface area (TPSA) is 60.9 Å². The molecular weight excluding hydrogens is 1250 g/mol. The maximum Gasteiger partial charge on any atom is 3.00 e. The number of hydrogen-bond acceptors (Lipinski definition) is 4. The van der Waals surface area contributed by atoms with E-state index in [9.17, 15) is 0 Å². The second-order valence-electron chi connectivity index (χ2n) is 25.6. The minimum atomic E-state index is -0.294. The number of benzene rings is 10. The van der Waals surface area contributed by atoms with Gasteiger partial charge in [0.1, 0.15) is 5.82 Å². The Hall–Kier alpha value is -9.65. The van der Waals surface area contributed by atoms with E-state index in [0.717, 1.165) is 140 Å². The van der Waals surface area contributed by atoms with Crippen molar-refractivity contribution in [2.24, 2.45) is 0 Å². The number of rotatable bonds is 10. The van der Waals surface area contributed by atoms with E-state index >= 15 is 0 Å². The Morgan fingerprint density at radius 2 is 1.00 bits per heavy atom. The van der Waals surface area contributed by atoms with Crippen LogP contribution >= 0.6 is 0 Å². The van der Waals surface area contributed by atoms with Gasteiger partial charge in [-0.3, -0.25) is 14.6 Å². The Balaban J connectivity index is 0.00000680. The van der Waals surface area contributed by atoms with Gasteiger partial charge < -0.3 is 9.38 Å². The van der Waals surface area contributed by atoms with Gasteiger partial charge in [-0.1, -0.05) is 227 Å². The zero-order chi connectivity index (χ0) is 59.2. The molecule has 6 nitrogen and oxygen atoms in total. The minimum Gasteiger partial charge on any atom is -0.321 e. The van der Waals surface area contributed by atoms with Gasteiger partial charge in [0.25, 0.3) is 0 Å². The van der Waals surface area contributed by atoms with Crippen molar-refractivity contribution in [3.8, 4) is 106 Å². The van der Waals surface area contributed by atoms with Gasteiger partial charge in [-0.05, 0) is 138 Å². The molecule has 0 amide bonds.